The van der Waals surface area contributed by atoms with Gasteiger partial charge in [0, 0.05) is 44.7 Å². The second-order valence-corrected chi connectivity index (χ2v) is 6.68. The van der Waals surface area contributed by atoms with E-state index in [4.69, 9.17) is 4.74 Å². The first kappa shape index (κ1) is 15.8. The lowest BCUT2D eigenvalue weighted by Gasteiger charge is -2.31. The normalized spacial score (nSPS) is 18.3. The summed E-state index contributed by atoms with van der Waals surface area (Å²) in [6, 6.07) is 4.57. The predicted molar refractivity (Wildman–Crippen MR) is 73.3 cm³/mol. The molecule has 2 rings (SSSR count). The third-order valence-electron chi connectivity index (χ3n) is 3.37. The van der Waals surface area contributed by atoms with Crippen LogP contribution >= 0.6 is 0 Å². The van der Waals surface area contributed by atoms with Crippen LogP contribution in [0.3, 0.4) is 0 Å². The number of sulfonamides is 1. The van der Waals surface area contributed by atoms with Crippen molar-refractivity contribution < 1.29 is 23.2 Å². The molecule has 1 aromatic rings. The lowest BCUT2D eigenvalue weighted by atomic mass is 9.95. The molecule has 116 valence electrons. The fraction of sp³-hybridized carbons (Fsp3) is 0.500. The highest BCUT2D eigenvalue weighted by atomic mass is 32.2. The summed E-state index contributed by atoms with van der Waals surface area (Å²) < 4.78 is 31.6. The Morgan fingerprint density at radius 2 is 1.86 bits per heavy atom. The van der Waals surface area contributed by atoms with Gasteiger partial charge in [0.1, 0.15) is 0 Å². The van der Waals surface area contributed by atoms with Crippen LogP contribution in [-0.4, -0.2) is 43.8 Å². The van der Waals surface area contributed by atoms with Gasteiger partial charge in [-0.05, 0) is 12.1 Å². The average Bonchev–Trinajstić information content (AvgIpc) is 2.46. The van der Waals surface area contributed by atoms with Crippen molar-refractivity contribution in [3.63, 3.8) is 0 Å². The lowest BCUT2D eigenvalue weighted by molar-refractivity contribution is -0.384. The molecule has 1 fully saturated rings. The summed E-state index contributed by atoms with van der Waals surface area (Å²) in [4.78, 5) is 9.85. The maximum absolute atomic E-state index is 12.1. The van der Waals surface area contributed by atoms with Gasteiger partial charge in [0.05, 0.1) is 15.4 Å². The van der Waals surface area contributed by atoms with Gasteiger partial charge in [-0.15, -0.1) is 0 Å². The van der Waals surface area contributed by atoms with Gasteiger partial charge in [-0.1, -0.05) is 0 Å². The van der Waals surface area contributed by atoms with Crippen molar-refractivity contribution in [2.45, 2.75) is 23.3 Å². The maximum Gasteiger partial charge on any atom is 0.269 e. The fourth-order valence-corrected chi connectivity index (χ4v) is 3.11. The zero-order chi connectivity index (χ0) is 15.5. The second-order valence-electron chi connectivity index (χ2n) is 4.91. The first-order valence-electron chi connectivity index (χ1n) is 6.37. The molecule has 0 radical (unpaired) electrons. The third kappa shape index (κ3) is 3.97. The van der Waals surface area contributed by atoms with Crippen LogP contribution in [0.15, 0.2) is 29.2 Å². The Labute approximate surface area is 121 Å². The van der Waals surface area contributed by atoms with E-state index < -0.39 is 20.5 Å². The number of nitro groups is 1. The zero-order valence-electron chi connectivity index (χ0n) is 11.2. The molecule has 9 heteroatoms. The molecule has 1 aliphatic rings. The van der Waals surface area contributed by atoms with Crippen molar-refractivity contribution in [2.24, 2.45) is 0 Å². The van der Waals surface area contributed by atoms with Crippen LogP contribution in [0.2, 0.25) is 0 Å². The second kappa shape index (κ2) is 6.06. The number of benzene rings is 1. The highest BCUT2D eigenvalue weighted by molar-refractivity contribution is 7.89. The third-order valence-corrected chi connectivity index (χ3v) is 4.79. The minimum absolute atomic E-state index is 0.0799. The average molecular weight is 316 g/mol. The number of non-ortho nitro benzene ring substituents is 1. The lowest BCUT2D eigenvalue weighted by Crippen LogP contribution is -2.46. The summed E-state index contributed by atoms with van der Waals surface area (Å²) in [6.45, 7) is 0.654. The molecule has 0 amide bonds. The van der Waals surface area contributed by atoms with Crippen LogP contribution < -0.4 is 4.72 Å². The first-order valence-corrected chi connectivity index (χ1v) is 7.85. The molecule has 0 atom stereocenters. The summed E-state index contributed by atoms with van der Waals surface area (Å²) in [5, 5.41) is 20.7. The van der Waals surface area contributed by atoms with Gasteiger partial charge in [-0.2, -0.15) is 0 Å². The minimum Gasteiger partial charge on any atom is -0.388 e. The summed E-state index contributed by atoms with van der Waals surface area (Å²) in [7, 11) is -3.81. The van der Waals surface area contributed by atoms with E-state index >= 15 is 0 Å². The minimum atomic E-state index is -3.81. The largest absolute Gasteiger partial charge is 0.388 e. The SMILES string of the molecule is O=[N+]([O-])c1ccc(S(=O)(=O)NCC2(O)CCOCC2)cc1. The van der Waals surface area contributed by atoms with Crippen molar-refractivity contribution in [2.75, 3.05) is 19.8 Å². The Bertz CT molecular complexity index is 607. The van der Waals surface area contributed by atoms with E-state index in [1.165, 1.54) is 0 Å². The van der Waals surface area contributed by atoms with Crippen LogP contribution in [0.4, 0.5) is 5.69 Å². The highest BCUT2D eigenvalue weighted by Crippen LogP contribution is 2.21. The summed E-state index contributed by atoms with van der Waals surface area (Å²) in [5.74, 6) is 0. The predicted octanol–water partition coefficient (Wildman–Crippen LogP) is 0.415. The molecule has 0 unspecified atom stereocenters. The van der Waals surface area contributed by atoms with Crippen molar-refractivity contribution in [3.05, 3.63) is 34.4 Å². The number of nitrogens with zero attached hydrogens (tertiary/aromatic N) is 1. The van der Waals surface area contributed by atoms with Crippen molar-refractivity contribution in [1.82, 2.24) is 4.72 Å². The molecule has 0 aromatic heterocycles. The van der Waals surface area contributed by atoms with Gasteiger partial charge in [-0.25, -0.2) is 13.1 Å². The first-order chi connectivity index (χ1) is 9.82. The number of ether oxygens (including phenoxy) is 1. The van der Waals surface area contributed by atoms with E-state index in [-0.39, 0.29) is 17.1 Å². The Balaban J connectivity index is 2.05. The molecule has 0 saturated carbocycles. The molecule has 1 aliphatic heterocycles. The molecule has 0 aliphatic carbocycles. The quantitative estimate of drug-likeness (QED) is 0.600. The summed E-state index contributed by atoms with van der Waals surface area (Å²) >= 11 is 0. The molecule has 1 heterocycles. The Hall–Kier alpha value is -1.55. The number of rotatable bonds is 5. The van der Waals surface area contributed by atoms with E-state index in [1.54, 1.807) is 0 Å². The van der Waals surface area contributed by atoms with Gasteiger partial charge in [-0.3, -0.25) is 10.1 Å². The fourth-order valence-electron chi connectivity index (χ4n) is 1.99. The number of hydrogen-bond donors (Lipinski definition) is 2. The zero-order valence-corrected chi connectivity index (χ0v) is 12.0. The van der Waals surface area contributed by atoms with E-state index in [2.05, 4.69) is 4.72 Å². The van der Waals surface area contributed by atoms with Gasteiger partial charge in [0.25, 0.3) is 5.69 Å². The molecular formula is C12H16N2O6S. The van der Waals surface area contributed by atoms with Gasteiger partial charge < -0.3 is 9.84 Å². The van der Waals surface area contributed by atoms with Gasteiger partial charge in [0.2, 0.25) is 10.0 Å². The van der Waals surface area contributed by atoms with Crippen LogP contribution in [0.25, 0.3) is 0 Å². The molecule has 21 heavy (non-hydrogen) atoms. The topological polar surface area (TPSA) is 119 Å². The van der Waals surface area contributed by atoms with Crippen LogP contribution in [0.1, 0.15) is 12.8 Å². The standard InChI is InChI=1S/C12H16N2O6S/c15-12(5-7-20-8-6-12)9-13-21(18,19)11-3-1-10(2-4-11)14(16)17/h1-4,13,15H,5-9H2. The summed E-state index contributed by atoms with van der Waals surface area (Å²) in [6.07, 6.45) is 0.714. The maximum atomic E-state index is 12.1. The van der Waals surface area contributed by atoms with Gasteiger partial charge in [0.15, 0.2) is 0 Å². The van der Waals surface area contributed by atoms with E-state index in [1.807, 2.05) is 0 Å². The Morgan fingerprint density at radius 1 is 1.29 bits per heavy atom. The molecule has 1 saturated heterocycles. The smallest absolute Gasteiger partial charge is 0.269 e. The van der Waals surface area contributed by atoms with E-state index in [0.29, 0.717) is 26.1 Å². The molecule has 1 aromatic carbocycles. The van der Waals surface area contributed by atoms with E-state index in [9.17, 15) is 23.6 Å². The summed E-state index contributed by atoms with van der Waals surface area (Å²) in [5.41, 5.74) is -1.30. The molecule has 2 N–H and O–H groups in total. The van der Waals surface area contributed by atoms with Crippen molar-refractivity contribution in [3.8, 4) is 0 Å². The number of aliphatic hydroxyl groups is 1. The van der Waals surface area contributed by atoms with E-state index in [0.717, 1.165) is 24.3 Å². The highest BCUT2D eigenvalue weighted by Gasteiger charge is 2.31. The number of nitrogens with one attached hydrogen (secondary N) is 1. The number of hydrogen-bond acceptors (Lipinski definition) is 6. The molecule has 0 spiro atoms. The molecular weight excluding hydrogens is 300 g/mol. The Morgan fingerprint density at radius 3 is 2.38 bits per heavy atom. The number of nitro benzene ring substituents is 1. The van der Waals surface area contributed by atoms with Gasteiger partial charge >= 0.3 is 0 Å². The van der Waals surface area contributed by atoms with Crippen LogP contribution in [-0.2, 0) is 14.8 Å². The van der Waals surface area contributed by atoms with Crippen molar-refractivity contribution >= 4 is 15.7 Å². The monoisotopic (exact) mass is 316 g/mol. The van der Waals surface area contributed by atoms with Crippen LogP contribution in [0.5, 0.6) is 0 Å². The van der Waals surface area contributed by atoms with Crippen molar-refractivity contribution in [1.29, 1.82) is 0 Å². The Kier molecular flexibility index (Phi) is 4.57. The molecule has 8 nitrogen and oxygen atoms in total. The molecule has 0 bridgehead atoms. The van der Waals surface area contributed by atoms with Crippen LogP contribution in [0, 0.1) is 10.1 Å².